The summed E-state index contributed by atoms with van der Waals surface area (Å²) in [7, 11) is 0. The summed E-state index contributed by atoms with van der Waals surface area (Å²) in [5.74, 6) is -0.239. The molecular weight excluding hydrogens is 403 g/mol. The number of anilines is 1. The molecule has 0 aliphatic rings. The van der Waals surface area contributed by atoms with Gasteiger partial charge in [-0.15, -0.1) is 0 Å². The van der Waals surface area contributed by atoms with Crippen molar-refractivity contribution in [2.45, 2.75) is 27.2 Å². The Labute approximate surface area is 188 Å². The topological polar surface area (TPSA) is 62.1 Å². The molecule has 0 fully saturated rings. The summed E-state index contributed by atoms with van der Waals surface area (Å²) < 4.78 is 18.9. The van der Waals surface area contributed by atoms with Gasteiger partial charge < -0.3 is 10.1 Å². The fourth-order valence-corrected chi connectivity index (χ4v) is 3.53. The Morgan fingerprint density at radius 2 is 1.75 bits per heavy atom. The van der Waals surface area contributed by atoms with E-state index in [0.29, 0.717) is 17.9 Å². The SMILES string of the molecule is CCOc1cc(/C=C(\C#N)C(=O)Nc2ccc(F)cc2)ccc1Cc1cc(C)cc(C)c1. The lowest BCUT2D eigenvalue weighted by Gasteiger charge is -2.13. The van der Waals surface area contributed by atoms with E-state index >= 15 is 0 Å². The molecule has 0 saturated heterocycles. The highest BCUT2D eigenvalue weighted by Crippen LogP contribution is 2.26. The van der Waals surface area contributed by atoms with Crippen LogP contribution < -0.4 is 10.1 Å². The van der Waals surface area contributed by atoms with Gasteiger partial charge in [0, 0.05) is 12.1 Å². The summed E-state index contributed by atoms with van der Waals surface area (Å²) in [6, 6.07) is 19.4. The number of aryl methyl sites for hydroxylation is 2. The first-order chi connectivity index (χ1) is 15.4. The third-order valence-corrected chi connectivity index (χ3v) is 4.85. The number of rotatable bonds is 7. The lowest BCUT2D eigenvalue weighted by Crippen LogP contribution is -2.13. The van der Waals surface area contributed by atoms with Crippen molar-refractivity contribution in [3.05, 3.63) is 99.9 Å². The Morgan fingerprint density at radius 3 is 2.38 bits per heavy atom. The van der Waals surface area contributed by atoms with Crippen LogP contribution in [-0.4, -0.2) is 12.5 Å². The summed E-state index contributed by atoms with van der Waals surface area (Å²) in [6.07, 6.45) is 2.24. The molecule has 4 nitrogen and oxygen atoms in total. The molecule has 1 amide bonds. The van der Waals surface area contributed by atoms with Crippen LogP contribution in [0.25, 0.3) is 6.08 Å². The standard InChI is InChI=1S/C27H25FN2O2/c1-4-32-26-16-20(5-6-22(26)15-21-12-18(2)11-19(3)13-21)14-23(17-29)27(31)30-25-9-7-24(28)8-10-25/h5-14,16H,4,15H2,1-3H3,(H,30,31)/b23-14+. The number of nitrogens with one attached hydrogen (secondary N) is 1. The minimum absolute atomic E-state index is 0.0566. The van der Waals surface area contributed by atoms with Gasteiger partial charge in [0.2, 0.25) is 0 Å². The van der Waals surface area contributed by atoms with Gasteiger partial charge in [0.25, 0.3) is 5.91 Å². The summed E-state index contributed by atoms with van der Waals surface area (Å²) in [4.78, 5) is 12.5. The number of nitriles is 1. The minimum atomic E-state index is -0.559. The number of halogens is 1. The van der Waals surface area contributed by atoms with Gasteiger partial charge in [0.1, 0.15) is 23.2 Å². The van der Waals surface area contributed by atoms with Gasteiger partial charge in [0.15, 0.2) is 0 Å². The van der Waals surface area contributed by atoms with Crippen molar-refractivity contribution in [1.82, 2.24) is 0 Å². The van der Waals surface area contributed by atoms with E-state index in [1.807, 2.05) is 31.2 Å². The summed E-state index contributed by atoms with van der Waals surface area (Å²) in [5, 5.41) is 12.1. The van der Waals surface area contributed by atoms with E-state index < -0.39 is 11.7 Å². The maximum absolute atomic E-state index is 13.1. The first-order valence-corrected chi connectivity index (χ1v) is 10.4. The van der Waals surface area contributed by atoms with E-state index in [2.05, 4.69) is 37.4 Å². The number of benzene rings is 3. The smallest absolute Gasteiger partial charge is 0.266 e. The lowest BCUT2D eigenvalue weighted by atomic mass is 9.98. The number of ether oxygens (including phenoxy) is 1. The van der Waals surface area contributed by atoms with Crippen LogP contribution in [0, 0.1) is 31.0 Å². The molecule has 162 valence electrons. The van der Waals surface area contributed by atoms with Crippen LogP contribution in [0.5, 0.6) is 5.75 Å². The number of hydrogen-bond acceptors (Lipinski definition) is 3. The number of nitrogens with zero attached hydrogens (tertiary/aromatic N) is 1. The summed E-state index contributed by atoms with van der Waals surface area (Å²) in [6.45, 7) is 6.58. The molecule has 3 rings (SSSR count). The first kappa shape index (κ1) is 22.8. The van der Waals surface area contributed by atoms with Crippen molar-refractivity contribution in [2.75, 3.05) is 11.9 Å². The second-order valence-corrected chi connectivity index (χ2v) is 7.60. The van der Waals surface area contributed by atoms with E-state index in [9.17, 15) is 14.4 Å². The van der Waals surface area contributed by atoms with Gasteiger partial charge >= 0.3 is 0 Å². The van der Waals surface area contributed by atoms with Crippen molar-refractivity contribution in [3.63, 3.8) is 0 Å². The van der Waals surface area contributed by atoms with Crippen molar-refractivity contribution in [3.8, 4) is 11.8 Å². The zero-order chi connectivity index (χ0) is 23.1. The summed E-state index contributed by atoms with van der Waals surface area (Å²) in [5.41, 5.74) is 5.69. The number of carbonyl (C=O) groups excluding carboxylic acids is 1. The molecule has 0 aliphatic carbocycles. The Kier molecular flexibility index (Phi) is 7.41. The number of amides is 1. The van der Waals surface area contributed by atoms with Gasteiger partial charge in [-0.1, -0.05) is 41.5 Å². The van der Waals surface area contributed by atoms with Gasteiger partial charge in [0.05, 0.1) is 6.61 Å². The first-order valence-electron chi connectivity index (χ1n) is 10.4. The molecule has 0 saturated carbocycles. The highest BCUT2D eigenvalue weighted by Gasteiger charge is 2.12. The molecular formula is C27H25FN2O2. The minimum Gasteiger partial charge on any atom is -0.494 e. The monoisotopic (exact) mass is 428 g/mol. The molecule has 0 aliphatic heterocycles. The van der Waals surface area contributed by atoms with Crippen LogP contribution in [0.2, 0.25) is 0 Å². The van der Waals surface area contributed by atoms with Gasteiger partial charge in [-0.05, 0) is 73.9 Å². The zero-order valence-electron chi connectivity index (χ0n) is 18.4. The Morgan fingerprint density at radius 1 is 1.06 bits per heavy atom. The molecule has 0 heterocycles. The van der Waals surface area contributed by atoms with Crippen molar-refractivity contribution in [1.29, 1.82) is 5.26 Å². The molecule has 0 bridgehead atoms. The molecule has 3 aromatic carbocycles. The van der Waals surface area contributed by atoms with Crippen LogP contribution in [0.1, 0.15) is 34.7 Å². The van der Waals surface area contributed by atoms with Crippen molar-refractivity contribution in [2.24, 2.45) is 0 Å². The molecule has 3 aromatic rings. The zero-order valence-corrected chi connectivity index (χ0v) is 18.4. The van der Waals surface area contributed by atoms with Crippen LogP contribution in [0.4, 0.5) is 10.1 Å². The molecule has 0 unspecified atom stereocenters. The second kappa shape index (κ2) is 10.4. The third kappa shape index (κ3) is 6.05. The van der Waals surface area contributed by atoms with E-state index in [0.717, 1.165) is 17.7 Å². The van der Waals surface area contributed by atoms with E-state index in [1.165, 1.54) is 47.0 Å². The third-order valence-electron chi connectivity index (χ3n) is 4.85. The van der Waals surface area contributed by atoms with E-state index in [4.69, 9.17) is 4.74 Å². The fourth-order valence-electron chi connectivity index (χ4n) is 3.53. The molecule has 0 radical (unpaired) electrons. The van der Waals surface area contributed by atoms with Gasteiger partial charge in [-0.3, -0.25) is 4.79 Å². The maximum atomic E-state index is 13.1. The molecule has 1 N–H and O–H groups in total. The van der Waals surface area contributed by atoms with Crippen LogP contribution in [-0.2, 0) is 11.2 Å². The molecule has 0 spiro atoms. The van der Waals surface area contributed by atoms with Crippen molar-refractivity contribution >= 4 is 17.7 Å². The second-order valence-electron chi connectivity index (χ2n) is 7.60. The average molecular weight is 429 g/mol. The molecule has 0 aromatic heterocycles. The normalized spacial score (nSPS) is 11.0. The number of hydrogen-bond donors (Lipinski definition) is 1. The maximum Gasteiger partial charge on any atom is 0.266 e. The van der Waals surface area contributed by atoms with Crippen LogP contribution in [0.15, 0.2) is 66.2 Å². The molecule has 32 heavy (non-hydrogen) atoms. The Bertz CT molecular complexity index is 1170. The quantitative estimate of drug-likeness (QED) is 0.372. The predicted octanol–water partition coefficient (Wildman–Crippen LogP) is 5.98. The average Bonchev–Trinajstić information content (AvgIpc) is 2.74. The van der Waals surface area contributed by atoms with E-state index in [-0.39, 0.29) is 5.57 Å². The van der Waals surface area contributed by atoms with Gasteiger partial charge in [-0.2, -0.15) is 5.26 Å². The predicted molar refractivity (Wildman–Crippen MR) is 125 cm³/mol. The Hall–Kier alpha value is -3.91. The van der Waals surface area contributed by atoms with Crippen LogP contribution in [0.3, 0.4) is 0 Å². The highest BCUT2D eigenvalue weighted by atomic mass is 19.1. The Balaban J connectivity index is 1.85. The molecule has 0 atom stereocenters. The van der Waals surface area contributed by atoms with E-state index in [1.54, 1.807) is 0 Å². The molecule has 5 heteroatoms. The van der Waals surface area contributed by atoms with Gasteiger partial charge in [-0.25, -0.2) is 4.39 Å². The number of carbonyl (C=O) groups is 1. The largest absolute Gasteiger partial charge is 0.494 e. The fraction of sp³-hybridized carbons (Fsp3) is 0.185. The summed E-state index contributed by atoms with van der Waals surface area (Å²) >= 11 is 0. The lowest BCUT2D eigenvalue weighted by molar-refractivity contribution is -0.112. The van der Waals surface area contributed by atoms with Crippen LogP contribution >= 0.6 is 0 Å². The highest BCUT2D eigenvalue weighted by molar-refractivity contribution is 6.09. The van der Waals surface area contributed by atoms with Crippen molar-refractivity contribution < 1.29 is 13.9 Å².